The van der Waals surface area contributed by atoms with Gasteiger partial charge in [-0.25, -0.2) is 4.98 Å². The summed E-state index contributed by atoms with van der Waals surface area (Å²) in [6, 6.07) is -0.936. The maximum atomic E-state index is 10.7. The van der Waals surface area contributed by atoms with Gasteiger partial charge in [-0.2, -0.15) is 0 Å². The van der Waals surface area contributed by atoms with Crippen LogP contribution in [0.5, 0.6) is 0 Å². The number of carboxylic acids is 1. The van der Waals surface area contributed by atoms with E-state index >= 15 is 0 Å². The summed E-state index contributed by atoms with van der Waals surface area (Å²) in [5, 5.41) is 11.6. The molecule has 0 fully saturated rings. The van der Waals surface area contributed by atoms with Gasteiger partial charge in [0.25, 0.3) is 0 Å². The molecule has 1 amide bonds. The van der Waals surface area contributed by atoms with Gasteiger partial charge in [0, 0.05) is 31.2 Å². The lowest BCUT2D eigenvalue weighted by Crippen LogP contribution is -2.53. The molecule has 2 atom stereocenters. The third-order valence-electron chi connectivity index (χ3n) is 3.29. The van der Waals surface area contributed by atoms with E-state index in [9.17, 15) is 9.59 Å². The zero-order valence-corrected chi connectivity index (χ0v) is 12.7. The molecule has 1 aromatic rings. The van der Waals surface area contributed by atoms with E-state index in [2.05, 4.69) is 15.3 Å². The Kier molecular flexibility index (Phi) is 5.86. The van der Waals surface area contributed by atoms with Crippen molar-refractivity contribution in [3.63, 3.8) is 0 Å². The number of carbonyl (C=O) groups excluding carboxylic acids is 1. The Morgan fingerprint density at radius 1 is 1.57 bits per heavy atom. The van der Waals surface area contributed by atoms with Crippen molar-refractivity contribution in [3.8, 4) is 0 Å². The van der Waals surface area contributed by atoms with Gasteiger partial charge in [0.15, 0.2) is 6.17 Å². The summed E-state index contributed by atoms with van der Waals surface area (Å²) in [4.78, 5) is 28.6. The number of quaternary nitrogens is 1. The van der Waals surface area contributed by atoms with Crippen molar-refractivity contribution in [2.75, 3.05) is 21.1 Å². The molecule has 1 aromatic heterocycles. The summed E-state index contributed by atoms with van der Waals surface area (Å²) in [5.74, 6) is -0.278. The average Bonchev–Trinajstić information content (AvgIpc) is 2.80. The molecule has 8 nitrogen and oxygen atoms in total. The number of hydrogen-bond acceptors (Lipinski definition) is 4. The van der Waals surface area contributed by atoms with Crippen LogP contribution >= 0.6 is 0 Å². The lowest BCUT2D eigenvalue weighted by atomic mass is 10.2. The van der Waals surface area contributed by atoms with Crippen LogP contribution in [-0.4, -0.2) is 65.3 Å². The molecule has 0 aliphatic carbocycles. The second-order valence-electron chi connectivity index (χ2n) is 5.96. The zero-order valence-electron chi connectivity index (χ0n) is 12.7. The lowest BCUT2D eigenvalue weighted by Gasteiger charge is -2.33. The van der Waals surface area contributed by atoms with Crippen molar-refractivity contribution in [2.24, 2.45) is 5.73 Å². The number of nitrogens with two attached hydrogens (primary N) is 1. The Morgan fingerprint density at radius 2 is 2.24 bits per heavy atom. The molecule has 5 N–H and O–H groups in total. The van der Waals surface area contributed by atoms with Crippen molar-refractivity contribution in [1.29, 1.82) is 0 Å². The Morgan fingerprint density at radius 3 is 2.76 bits per heavy atom. The molecule has 0 spiro atoms. The summed E-state index contributed by atoms with van der Waals surface area (Å²) in [6.45, 7) is 0. The molecule has 0 saturated heterocycles. The van der Waals surface area contributed by atoms with E-state index in [0.29, 0.717) is 23.0 Å². The lowest BCUT2D eigenvalue weighted by molar-refractivity contribution is -0.898. The molecule has 0 radical (unpaired) electrons. The van der Waals surface area contributed by atoms with E-state index in [1.165, 1.54) is 0 Å². The minimum atomic E-state index is -1.04. The maximum Gasteiger partial charge on any atom is 0.320 e. The number of imidazole rings is 1. The van der Waals surface area contributed by atoms with Crippen LogP contribution in [0.3, 0.4) is 0 Å². The molecule has 0 bridgehead atoms. The third kappa shape index (κ3) is 5.52. The first-order valence-electron chi connectivity index (χ1n) is 6.76. The Labute approximate surface area is 123 Å². The molecule has 0 aliphatic rings. The standard InChI is InChI=1S/C13H23N5O3/c1-18(2,3)12(16-8-19)5-4-11-15-7-9(17-11)6-10(14)13(20)21/h7-8,10,12H,4-6,14H2,1-3H3,(H2-,15,16,17,19,20,21)/p+1/t10-,12?/m0/s1. The molecule has 1 heterocycles. The number of nitrogens with one attached hydrogen (secondary N) is 2. The van der Waals surface area contributed by atoms with Crippen molar-refractivity contribution in [3.05, 3.63) is 17.7 Å². The summed E-state index contributed by atoms with van der Waals surface area (Å²) in [7, 11) is 6.00. The number of aromatic amines is 1. The highest BCUT2D eigenvalue weighted by atomic mass is 16.4. The van der Waals surface area contributed by atoms with Crippen LogP contribution in [0.15, 0.2) is 6.20 Å². The Hall–Kier alpha value is -1.93. The summed E-state index contributed by atoms with van der Waals surface area (Å²) in [5.41, 5.74) is 6.18. The number of carbonyl (C=O) groups is 2. The van der Waals surface area contributed by atoms with E-state index in [1.807, 2.05) is 21.1 Å². The second kappa shape index (κ2) is 7.19. The first-order valence-corrected chi connectivity index (χ1v) is 6.76. The van der Waals surface area contributed by atoms with Crippen LogP contribution in [-0.2, 0) is 22.4 Å². The van der Waals surface area contributed by atoms with Crippen molar-refractivity contribution in [1.82, 2.24) is 15.3 Å². The first kappa shape index (κ1) is 17.1. The largest absolute Gasteiger partial charge is 0.480 e. The van der Waals surface area contributed by atoms with Gasteiger partial charge >= 0.3 is 5.97 Å². The van der Waals surface area contributed by atoms with E-state index in [-0.39, 0.29) is 12.6 Å². The molecule has 1 unspecified atom stereocenters. The fraction of sp³-hybridized carbons (Fsp3) is 0.615. The Bertz CT molecular complexity index is 480. The van der Waals surface area contributed by atoms with E-state index in [1.54, 1.807) is 6.20 Å². The van der Waals surface area contributed by atoms with Gasteiger partial charge in [-0.3, -0.25) is 9.59 Å². The quantitative estimate of drug-likeness (QED) is 0.267. The number of H-pyrrole nitrogens is 1. The van der Waals surface area contributed by atoms with E-state index in [0.717, 1.165) is 12.2 Å². The van der Waals surface area contributed by atoms with Crippen LogP contribution in [0, 0.1) is 0 Å². The van der Waals surface area contributed by atoms with E-state index < -0.39 is 12.0 Å². The average molecular weight is 298 g/mol. The Balaban J connectivity index is 2.58. The number of aliphatic carboxylic acids is 1. The van der Waals surface area contributed by atoms with Gasteiger partial charge in [-0.15, -0.1) is 0 Å². The first-order chi connectivity index (χ1) is 9.74. The van der Waals surface area contributed by atoms with Gasteiger partial charge in [-0.05, 0) is 0 Å². The summed E-state index contributed by atoms with van der Waals surface area (Å²) >= 11 is 0. The molecule has 118 valence electrons. The molecule has 0 aromatic carbocycles. The normalized spacial score (nSPS) is 14.5. The molecule has 0 saturated carbocycles. The molecule has 21 heavy (non-hydrogen) atoms. The topological polar surface area (TPSA) is 121 Å². The van der Waals surface area contributed by atoms with Gasteiger partial charge in [0.05, 0.1) is 21.1 Å². The number of aryl methyl sites for hydroxylation is 1. The van der Waals surface area contributed by atoms with Crippen LogP contribution in [0.4, 0.5) is 0 Å². The predicted octanol–water partition coefficient (Wildman–Crippen LogP) is -0.925. The van der Waals surface area contributed by atoms with Crippen LogP contribution in [0.25, 0.3) is 0 Å². The zero-order chi connectivity index (χ0) is 16.0. The van der Waals surface area contributed by atoms with Crippen molar-refractivity contribution in [2.45, 2.75) is 31.5 Å². The van der Waals surface area contributed by atoms with E-state index in [4.69, 9.17) is 10.8 Å². The molecule has 8 heteroatoms. The van der Waals surface area contributed by atoms with Crippen molar-refractivity contribution < 1.29 is 19.2 Å². The monoisotopic (exact) mass is 298 g/mol. The minimum absolute atomic E-state index is 0.0164. The van der Waals surface area contributed by atoms with Crippen LogP contribution in [0.2, 0.25) is 0 Å². The highest BCUT2D eigenvalue weighted by molar-refractivity contribution is 5.73. The van der Waals surface area contributed by atoms with Crippen LogP contribution < -0.4 is 11.1 Å². The molecule has 1 rings (SSSR count). The molecular formula is C13H24N5O3+. The minimum Gasteiger partial charge on any atom is -0.480 e. The van der Waals surface area contributed by atoms with Gasteiger partial charge in [0.1, 0.15) is 11.9 Å². The predicted molar refractivity (Wildman–Crippen MR) is 77.2 cm³/mol. The SMILES string of the molecule is C[N+](C)(C)C(CCc1ncc(C[C@H](N)C(=O)O)[nH]1)NC=O. The highest BCUT2D eigenvalue weighted by Gasteiger charge is 2.23. The van der Waals surface area contributed by atoms with Crippen LogP contribution in [0.1, 0.15) is 17.9 Å². The second-order valence-corrected chi connectivity index (χ2v) is 5.96. The number of nitrogens with zero attached hydrogens (tertiary/aromatic N) is 2. The summed E-state index contributed by atoms with van der Waals surface area (Å²) in [6.07, 6.45) is 3.88. The number of aromatic nitrogens is 2. The van der Waals surface area contributed by atoms with Gasteiger partial charge in [-0.1, -0.05) is 0 Å². The van der Waals surface area contributed by atoms with Gasteiger partial charge < -0.3 is 25.6 Å². The summed E-state index contributed by atoms with van der Waals surface area (Å²) < 4.78 is 0.607. The van der Waals surface area contributed by atoms with Crippen molar-refractivity contribution >= 4 is 12.4 Å². The number of carboxylic acid groups (broad SMARTS) is 1. The fourth-order valence-corrected chi connectivity index (χ4v) is 2.01. The smallest absolute Gasteiger partial charge is 0.320 e. The highest BCUT2D eigenvalue weighted by Crippen LogP contribution is 2.09. The third-order valence-corrected chi connectivity index (χ3v) is 3.29. The fourth-order valence-electron chi connectivity index (χ4n) is 2.01. The number of amides is 1. The molecule has 0 aliphatic heterocycles. The molecular weight excluding hydrogens is 274 g/mol. The number of hydrogen-bond donors (Lipinski definition) is 4. The number of rotatable bonds is 9. The maximum absolute atomic E-state index is 10.7. The van der Waals surface area contributed by atoms with Gasteiger partial charge in [0.2, 0.25) is 6.41 Å².